The summed E-state index contributed by atoms with van der Waals surface area (Å²) in [5, 5.41) is 3.14. The molecule has 0 amide bonds. The summed E-state index contributed by atoms with van der Waals surface area (Å²) in [6.07, 6.45) is 1.30. The summed E-state index contributed by atoms with van der Waals surface area (Å²) < 4.78 is 29.7. The Labute approximate surface area is 78.1 Å². The first-order chi connectivity index (χ1) is 6.09. The highest BCUT2D eigenvalue weighted by Crippen LogP contribution is 2.19. The number of sulfonamides is 1. The molecule has 6 heteroatoms. The van der Waals surface area contributed by atoms with Crippen molar-refractivity contribution in [1.82, 2.24) is 9.62 Å². The summed E-state index contributed by atoms with van der Waals surface area (Å²) in [5.41, 5.74) is 0. The molecule has 0 spiro atoms. The molecule has 2 aliphatic heterocycles. The highest BCUT2D eigenvalue weighted by molar-refractivity contribution is 7.88. The van der Waals surface area contributed by atoms with Crippen molar-refractivity contribution in [3.63, 3.8) is 0 Å². The van der Waals surface area contributed by atoms with E-state index in [0.717, 1.165) is 6.54 Å². The van der Waals surface area contributed by atoms with Crippen LogP contribution in [0.1, 0.15) is 0 Å². The molecule has 1 N–H and O–H groups in total. The van der Waals surface area contributed by atoms with Crippen molar-refractivity contribution in [3.8, 4) is 0 Å². The van der Waals surface area contributed by atoms with E-state index in [1.165, 1.54) is 6.26 Å². The van der Waals surface area contributed by atoms with Gasteiger partial charge in [-0.15, -0.1) is 0 Å². The van der Waals surface area contributed by atoms with E-state index in [9.17, 15) is 8.42 Å². The third-order valence-electron chi connectivity index (χ3n) is 2.57. The zero-order chi connectivity index (χ0) is 9.47. The fraction of sp³-hybridized carbons (Fsp3) is 1.00. The van der Waals surface area contributed by atoms with Gasteiger partial charge in [-0.2, -0.15) is 4.31 Å². The molecule has 0 radical (unpaired) electrons. The quantitative estimate of drug-likeness (QED) is 0.574. The number of nitrogens with one attached hydrogen (secondary N) is 1. The summed E-state index contributed by atoms with van der Waals surface area (Å²) >= 11 is 0. The van der Waals surface area contributed by atoms with Crippen LogP contribution in [0.15, 0.2) is 0 Å². The number of hydrogen-bond donors (Lipinski definition) is 1. The molecular weight excluding hydrogens is 192 g/mol. The fourth-order valence-electron chi connectivity index (χ4n) is 1.97. The van der Waals surface area contributed by atoms with Gasteiger partial charge in [-0.05, 0) is 0 Å². The predicted molar refractivity (Wildman–Crippen MR) is 47.9 cm³/mol. The number of ether oxygens (including phenoxy) is 1. The van der Waals surface area contributed by atoms with Crippen LogP contribution in [0.4, 0.5) is 0 Å². The molecule has 0 aromatic carbocycles. The van der Waals surface area contributed by atoms with Crippen LogP contribution >= 0.6 is 0 Å². The lowest BCUT2D eigenvalue weighted by atomic mass is 10.2. The van der Waals surface area contributed by atoms with Crippen LogP contribution in [0, 0.1) is 0 Å². The maximum absolute atomic E-state index is 11.4. The third kappa shape index (κ3) is 1.71. The summed E-state index contributed by atoms with van der Waals surface area (Å²) in [5.74, 6) is 0. The molecule has 2 rings (SSSR count). The van der Waals surface area contributed by atoms with Crippen LogP contribution in [0.2, 0.25) is 0 Å². The Kier molecular flexibility index (Phi) is 2.31. The van der Waals surface area contributed by atoms with Crippen molar-refractivity contribution < 1.29 is 13.2 Å². The Morgan fingerprint density at radius 3 is 2.92 bits per heavy atom. The van der Waals surface area contributed by atoms with E-state index in [1.807, 2.05) is 0 Å². The monoisotopic (exact) mass is 206 g/mol. The molecule has 2 atom stereocenters. The maximum atomic E-state index is 11.4. The van der Waals surface area contributed by atoms with Gasteiger partial charge in [-0.25, -0.2) is 8.42 Å². The predicted octanol–water partition coefficient (Wildman–Crippen LogP) is -1.38. The maximum Gasteiger partial charge on any atom is 0.211 e. The van der Waals surface area contributed by atoms with Gasteiger partial charge in [-0.1, -0.05) is 0 Å². The lowest BCUT2D eigenvalue weighted by Gasteiger charge is -2.34. The lowest BCUT2D eigenvalue weighted by Crippen LogP contribution is -2.52. The molecule has 13 heavy (non-hydrogen) atoms. The van der Waals surface area contributed by atoms with E-state index in [1.54, 1.807) is 4.31 Å². The molecule has 76 valence electrons. The van der Waals surface area contributed by atoms with Crippen LogP contribution in [-0.2, 0) is 14.8 Å². The topological polar surface area (TPSA) is 58.6 Å². The Bertz CT molecular complexity index is 290. The van der Waals surface area contributed by atoms with E-state index in [2.05, 4.69) is 5.32 Å². The van der Waals surface area contributed by atoms with Crippen molar-refractivity contribution in [1.29, 1.82) is 0 Å². The Balaban J connectivity index is 2.19. The number of rotatable bonds is 1. The molecule has 0 aliphatic carbocycles. The summed E-state index contributed by atoms with van der Waals surface area (Å²) in [6, 6.07) is 0.00347. The number of nitrogens with zero attached hydrogens (tertiary/aromatic N) is 1. The average Bonchev–Trinajstić information content (AvgIpc) is 2.48. The standard InChI is InChI=1S/C7H14N2O3S/c1-13(10,11)9-2-3-12-7-5-8-4-6(7)9/h6-8H,2-5H2,1H3. The molecule has 0 aromatic heterocycles. The van der Waals surface area contributed by atoms with Gasteiger partial charge < -0.3 is 10.1 Å². The van der Waals surface area contributed by atoms with Gasteiger partial charge in [0.15, 0.2) is 0 Å². The third-order valence-corrected chi connectivity index (χ3v) is 3.87. The first-order valence-electron chi connectivity index (χ1n) is 4.38. The normalized spacial score (nSPS) is 36.1. The number of fused-ring (bicyclic) bond motifs is 1. The molecule has 0 saturated carbocycles. The van der Waals surface area contributed by atoms with E-state index >= 15 is 0 Å². The second-order valence-electron chi connectivity index (χ2n) is 3.51. The molecule has 2 fully saturated rings. The highest BCUT2D eigenvalue weighted by atomic mass is 32.2. The van der Waals surface area contributed by atoms with Gasteiger partial charge in [0.2, 0.25) is 10.0 Å². The van der Waals surface area contributed by atoms with Gasteiger partial charge in [0.05, 0.1) is 25.0 Å². The van der Waals surface area contributed by atoms with Crippen molar-refractivity contribution in [2.45, 2.75) is 12.1 Å². The number of morpholine rings is 1. The van der Waals surface area contributed by atoms with Gasteiger partial charge in [0.1, 0.15) is 0 Å². The zero-order valence-corrected chi connectivity index (χ0v) is 8.38. The molecule has 2 aliphatic rings. The van der Waals surface area contributed by atoms with Gasteiger partial charge in [0, 0.05) is 19.6 Å². The van der Waals surface area contributed by atoms with E-state index < -0.39 is 10.0 Å². The molecule has 2 saturated heterocycles. The van der Waals surface area contributed by atoms with Crippen molar-refractivity contribution in [3.05, 3.63) is 0 Å². The van der Waals surface area contributed by atoms with Crippen molar-refractivity contribution in [2.24, 2.45) is 0 Å². The second-order valence-corrected chi connectivity index (χ2v) is 5.44. The minimum atomic E-state index is -3.07. The smallest absolute Gasteiger partial charge is 0.211 e. The number of hydrogen-bond acceptors (Lipinski definition) is 4. The summed E-state index contributed by atoms with van der Waals surface area (Å²) in [4.78, 5) is 0. The van der Waals surface area contributed by atoms with Crippen molar-refractivity contribution >= 4 is 10.0 Å². The summed E-state index contributed by atoms with van der Waals surface area (Å²) in [7, 11) is -3.07. The van der Waals surface area contributed by atoms with E-state index in [0.29, 0.717) is 19.7 Å². The first-order valence-corrected chi connectivity index (χ1v) is 6.23. The lowest BCUT2D eigenvalue weighted by molar-refractivity contribution is -0.0146. The molecule has 5 nitrogen and oxygen atoms in total. The Hall–Kier alpha value is -0.170. The zero-order valence-electron chi connectivity index (χ0n) is 7.56. The molecule has 2 heterocycles. The molecule has 0 aromatic rings. The molecule has 0 bridgehead atoms. The SMILES string of the molecule is CS(=O)(=O)N1CCOC2CNCC21. The van der Waals surface area contributed by atoms with Crippen molar-refractivity contribution in [2.75, 3.05) is 32.5 Å². The van der Waals surface area contributed by atoms with Crippen LogP contribution in [0.25, 0.3) is 0 Å². The highest BCUT2D eigenvalue weighted by Gasteiger charge is 2.39. The molecule has 2 unspecified atom stereocenters. The van der Waals surface area contributed by atoms with Crippen LogP contribution in [0.3, 0.4) is 0 Å². The average molecular weight is 206 g/mol. The largest absolute Gasteiger partial charge is 0.374 e. The van der Waals surface area contributed by atoms with Gasteiger partial charge in [-0.3, -0.25) is 0 Å². The molecular formula is C7H14N2O3S. The van der Waals surface area contributed by atoms with E-state index in [4.69, 9.17) is 4.74 Å². The Morgan fingerprint density at radius 2 is 2.23 bits per heavy atom. The summed E-state index contributed by atoms with van der Waals surface area (Å²) in [6.45, 7) is 2.46. The van der Waals surface area contributed by atoms with Gasteiger partial charge in [0.25, 0.3) is 0 Å². The fourth-order valence-corrected chi connectivity index (χ4v) is 3.08. The second kappa shape index (κ2) is 3.20. The van der Waals surface area contributed by atoms with Crippen LogP contribution < -0.4 is 5.32 Å². The van der Waals surface area contributed by atoms with Gasteiger partial charge >= 0.3 is 0 Å². The van der Waals surface area contributed by atoms with Crippen LogP contribution in [0.5, 0.6) is 0 Å². The van der Waals surface area contributed by atoms with Crippen LogP contribution in [-0.4, -0.2) is 57.4 Å². The minimum Gasteiger partial charge on any atom is -0.374 e. The minimum absolute atomic E-state index is 0.00347. The Morgan fingerprint density at radius 1 is 1.46 bits per heavy atom. The first kappa shape index (κ1) is 9.39. The van der Waals surface area contributed by atoms with E-state index in [-0.39, 0.29) is 12.1 Å².